The summed E-state index contributed by atoms with van der Waals surface area (Å²) in [6, 6.07) is 12.0. The molecule has 2 saturated heterocycles. The first-order valence-electron chi connectivity index (χ1n) is 10.8. The number of anilines is 1. The van der Waals surface area contributed by atoms with E-state index in [9.17, 15) is 9.59 Å². The summed E-state index contributed by atoms with van der Waals surface area (Å²) in [4.78, 5) is 37.3. The summed E-state index contributed by atoms with van der Waals surface area (Å²) in [6.45, 7) is 4.91. The zero-order valence-corrected chi connectivity index (χ0v) is 19.6. The van der Waals surface area contributed by atoms with Gasteiger partial charge < -0.3 is 19.4 Å². The second kappa shape index (κ2) is 9.00. The van der Waals surface area contributed by atoms with Gasteiger partial charge in [-0.2, -0.15) is 5.26 Å². The van der Waals surface area contributed by atoms with Gasteiger partial charge in [0.25, 0.3) is 5.91 Å². The summed E-state index contributed by atoms with van der Waals surface area (Å²) in [5.74, 6) is 0.451. The molecule has 1 aromatic carbocycles. The van der Waals surface area contributed by atoms with Gasteiger partial charge in [-0.3, -0.25) is 9.59 Å². The molecule has 3 heterocycles. The van der Waals surface area contributed by atoms with Crippen LogP contribution < -0.4 is 4.90 Å². The van der Waals surface area contributed by atoms with E-state index in [0.29, 0.717) is 36.0 Å². The van der Waals surface area contributed by atoms with Crippen LogP contribution in [0.5, 0.6) is 0 Å². The van der Waals surface area contributed by atoms with Gasteiger partial charge in [0.15, 0.2) is 5.54 Å². The van der Waals surface area contributed by atoms with E-state index in [0.717, 1.165) is 5.56 Å². The summed E-state index contributed by atoms with van der Waals surface area (Å²) < 4.78 is 5.32. The van der Waals surface area contributed by atoms with Crippen LogP contribution >= 0.6 is 11.6 Å². The van der Waals surface area contributed by atoms with Crippen molar-refractivity contribution in [3.8, 4) is 6.07 Å². The lowest BCUT2D eigenvalue weighted by molar-refractivity contribution is -0.179. The Kier molecular flexibility index (Phi) is 6.28. The molecule has 0 radical (unpaired) electrons. The number of rotatable bonds is 6. The molecule has 2 aromatic rings. The summed E-state index contributed by atoms with van der Waals surface area (Å²) in [6.07, 6.45) is 1.51. The van der Waals surface area contributed by atoms with Crippen molar-refractivity contribution in [2.75, 3.05) is 31.7 Å². The highest BCUT2D eigenvalue weighted by molar-refractivity contribution is 6.30. The van der Waals surface area contributed by atoms with E-state index >= 15 is 0 Å². The third-order valence-corrected chi connectivity index (χ3v) is 6.53. The molecule has 0 aliphatic carbocycles. The molecule has 0 N–H and O–H groups in total. The van der Waals surface area contributed by atoms with Crippen molar-refractivity contribution in [1.82, 2.24) is 14.8 Å². The van der Waals surface area contributed by atoms with Crippen LogP contribution in [0.3, 0.4) is 0 Å². The monoisotopic (exact) mass is 467 g/mol. The molecule has 1 unspecified atom stereocenters. The van der Waals surface area contributed by atoms with Crippen LogP contribution in [0.1, 0.15) is 25.0 Å². The van der Waals surface area contributed by atoms with Crippen molar-refractivity contribution >= 4 is 29.2 Å². The van der Waals surface area contributed by atoms with Gasteiger partial charge >= 0.3 is 0 Å². The fraction of sp³-hybridized carbons (Fsp3) is 0.417. The molecule has 1 atom stereocenters. The molecule has 2 fully saturated rings. The smallest absolute Gasteiger partial charge is 0.253 e. The summed E-state index contributed by atoms with van der Waals surface area (Å²) in [5.41, 5.74) is 0.362. The number of piperazine rings is 1. The van der Waals surface area contributed by atoms with Crippen molar-refractivity contribution in [3.05, 3.63) is 58.7 Å². The van der Waals surface area contributed by atoms with E-state index in [4.69, 9.17) is 21.6 Å². The molecule has 1 spiro atoms. The topological polar surface area (TPSA) is 89.8 Å². The molecular formula is C24H26ClN5O3. The first-order chi connectivity index (χ1) is 15.8. The van der Waals surface area contributed by atoms with Crippen LogP contribution in [-0.2, 0) is 20.9 Å². The number of benzene rings is 1. The molecule has 2 amide bonds. The van der Waals surface area contributed by atoms with Gasteiger partial charge in [0.1, 0.15) is 17.9 Å². The minimum absolute atomic E-state index is 0.0852. The van der Waals surface area contributed by atoms with E-state index in [1.54, 1.807) is 34.1 Å². The van der Waals surface area contributed by atoms with Gasteiger partial charge in [-0.15, -0.1) is 0 Å². The van der Waals surface area contributed by atoms with Gasteiger partial charge in [-0.1, -0.05) is 23.7 Å². The van der Waals surface area contributed by atoms with Crippen molar-refractivity contribution in [3.63, 3.8) is 0 Å². The summed E-state index contributed by atoms with van der Waals surface area (Å²) in [7, 11) is 1.53. The molecule has 2 aliphatic heterocycles. The van der Waals surface area contributed by atoms with Crippen LogP contribution in [0.2, 0.25) is 5.02 Å². The molecule has 0 bridgehead atoms. The van der Waals surface area contributed by atoms with Gasteiger partial charge in [0.2, 0.25) is 5.91 Å². The number of halogens is 1. The van der Waals surface area contributed by atoms with Crippen LogP contribution in [0.15, 0.2) is 42.6 Å². The Morgan fingerprint density at radius 1 is 1.21 bits per heavy atom. The molecular weight excluding hydrogens is 442 g/mol. The molecule has 1 aromatic heterocycles. The SMILES string of the molecule is COCC1C(=O)N(Cc2ccc(Cl)cc2)C2(CN(c3ccc(C#N)cn3)C2)C(=O)N1C(C)C. The van der Waals surface area contributed by atoms with Crippen LogP contribution in [0, 0.1) is 11.3 Å². The third kappa shape index (κ3) is 4.03. The third-order valence-electron chi connectivity index (χ3n) is 6.28. The maximum Gasteiger partial charge on any atom is 0.253 e. The first kappa shape index (κ1) is 23.0. The predicted octanol–water partition coefficient (Wildman–Crippen LogP) is 2.46. The summed E-state index contributed by atoms with van der Waals surface area (Å²) >= 11 is 6.04. The molecule has 0 saturated carbocycles. The summed E-state index contributed by atoms with van der Waals surface area (Å²) in [5, 5.41) is 9.64. The second-order valence-electron chi connectivity index (χ2n) is 8.73. The van der Waals surface area contributed by atoms with E-state index < -0.39 is 11.6 Å². The number of methoxy groups -OCH3 is 1. The predicted molar refractivity (Wildman–Crippen MR) is 124 cm³/mol. The Morgan fingerprint density at radius 3 is 2.45 bits per heavy atom. The molecule has 172 valence electrons. The number of nitriles is 1. The van der Waals surface area contributed by atoms with Crippen LogP contribution in [-0.4, -0.2) is 71.0 Å². The molecule has 33 heavy (non-hydrogen) atoms. The van der Waals surface area contributed by atoms with Crippen LogP contribution in [0.25, 0.3) is 0 Å². The number of nitrogens with zero attached hydrogens (tertiary/aromatic N) is 5. The largest absolute Gasteiger partial charge is 0.382 e. The Bertz CT molecular complexity index is 1070. The standard InChI is InChI=1S/C24H26ClN5O3/c1-16(2)30-20(13-33-3)22(31)29(12-17-4-7-19(25)8-5-17)24(23(30)32)14-28(15-24)21-9-6-18(10-26)11-27-21/h4-9,11,16,20H,12-15H2,1-3H3. The van der Waals surface area contributed by atoms with E-state index in [-0.39, 0.29) is 24.5 Å². The zero-order chi connectivity index (χ0) is 23.8. The van der Waals surface area contributed by atoms with Crippen molar-refractivity contribution in [2.45, 2.75) is 38.0 Å². The first-order valence-corrected chi connectivity index (χ1v) is 11.2. The molecule has 8 nitrogen and oxygen atoms in total. The Balaban J connectivity index is 1.69. The highest BCUT2D eigenvalue weighted by Gasteiger charge is 2.62. The van der Waals surface area contributed by atoms with Crippen LogP contribution in [0.4, 0.5) is 5.82 Å². The van der Waals surface area contributed by atoms with Crippen molar-refractivity contribution in [1.29, 1.82) is 5.26 Å². The molecule has 2 aliphatic rings. The Hall–Kier alpha value is -3.15. The average molecular weight is 468 g/mol. The number of carbonyl (C=O) groups excluding carboxylic acids is 2. The number of pyridine rings is 1. The number of amides is 2. The zero-order valence-electron chi connectivity index (χ0n) is 18.9. The lowest BCUT2D eigenvalue weighted by Gasteiger charge is -2.60. The Labute approximate surface area is 198 Å². The highest BCUT2D eigenvalue weighted by atomic mass is 35.5. The number of hydrogen-bond donors (Lipinski definition) is 0. The fourth-order valence-electron chi connectivity index (χ4n) is 4.60. The van der Waals surface area contributed by atoms with Gasteiger partial charge in [-0.05, 0) is 43.7 Å². The fourth-order valence-corrected chi connectivity index (χ4v) is 4.73. The van der Waals surface area contributed by atoms with E-state index in [2.05, 4.69) is 11.1 Å². The minimum Gasteiger partial charge on any atom is -0.382 e. The highest BCUT2D eigenvalue weighted by Crippen LogP contribution is 2.39. The number of hydrogen-bond acceptors (Lipinski definition) is 6. The quantitative estimate of drug-likeness (QED) is 0.648. The second-order valence-corrected chi connectivity index (χ2v) is 9.17. The van der Waals surface area contributed by atoms with E-state index in [1.165, 1.54) is 13.3 Å². The van der Waals surface area contributed by atoms with Gasteiger partial charge in [0, 0.05) is 30.9 Å². The number of aromatic nitrogens is 1. The van der Waals surface area contributed by atoms with E-state index in [1.807, 2.05) is 30.9 Å². The maximum absolute atomic E-state index is 13.9. The average Bonchev–Trinajstić information content (AvgIpc) is 2.77. The van der Waals surface area contributed by atoms with Crippen molar-refractivity contribution < 1.29 is 14.3 Å². The van der Waals surface area contributed by atoms with Crippen molar-refractivity contribution in [2.24, 2.45) is 0 Å². The minimum atomic E-state index is -0.999. The lowest BCUT2D eigenvalue weighted by atomic mass is 9.81. The lowest BCUT2D eigenvalue weighted by Crippen LogP contribution is -2.83. The van der Waals surface area contributed by atoms with Gasteiger partial charge in [-0.25, -0.2) is 4.98 Å². The maximum atomic E-state index is 13.9. The van der Waals surface area contributed by atoms with Gasteiger partial charge in [0.05, 0.1) is 25.3 Å². The molecule has 4 rings (SSSR count). The normalized spacial score (nSPS) is 19.8. The Morgan fingerprint density at radius 2 is 1.91 bits per heavy atom. The number of carbonyl (C=O) groups is 2. The molecule has 9 heteroatoms. The number of ether oxygens (including phenoxy) is 1.